The van der Waals surface area contributed by atoms with E-state index in [9.17, 15) is 9.59 Å². The second-order valence-corrected chi connectivity index (χ2v) is 7.81. The summed E-state index contributed by atoms with van der Waals surface area (Å²) in [6, 6.07) is 7.79. The SMILES string of the molecule is CNC1CCC(n2cc3cc(C(=O)Nc4cccn(C)c4=O)c(OC)cc3n2)CC1. The van der Waals surface area contributed by atoms with Crippen LogP contribution < -0.4 is 20.9 Å². The normalized spacial score (nSPS) is 19.0. The van der Waals surface area contributed by atoms with Crippen molar-refractivity contribution in [3.63, 3.8) is 0 Å². The fourth-order valence-corrected chi connectivity index (χ4v) is 4.12. The first-order valence-electron chi connectivity index (χ1n) is 10.2. The Hall–Kier alpha value is -3.13. The molecule has 2 aromatic heterocycles. The molecule has 30 heavy (non-hydrogen) atoms. The Labute approximate surface area is 174 Å². The lowest BCUT2D eigenvalue weighted by Gasteiger charge is -2.28. The van der Waals surface area contributed by atoms with Gasteiger partial charge in [-0.05, 0) is 50.9 Å². The van der Waals surface area contributed by atoms with Crippen LogP contribution in [0.15, 0.2) is 41.5 Å². The number of carbonyl (C=O) groups excluding carboxylic acids is 1. The highest BCUT2D eigenvalue weighted by molar-refractivity contribution is 6.08. The minimum Gasteiger partial charge on any atom is -0.496 e. The fraction of sp³-hybridized carbons (Fsp3) is 0.409. The Morgan fingerprint density at radius 3 is 2.70 bits per heavy atom. The quantitative estimate of drug-likeness (QED) is 0.676. The zero-order chi connectivity index (χ0) is 21.3. The number of hydrogen-bond acceptors (Lipinski definition) is 5. The number of pyridine rings is 1. The monoisotopic (exact) mass is 409 g/mol. The number of amides is 1. The summed E-state index contributed by atoms with van der Waals surface area (Å²) in [7, 11) is 5.18. The van der Waals surface area contributed by atoms with E-state index in [0.29, 0.717) is 23.4 Å². The molecule has 0 saturated heterocycles. The van der Waals surface area contributed by atoms with E-state index in [0.717, 1.165) is 36.6 Å². The average Bonchev–Trinajstić information content (AvgIpc) is 3.19. The summed E-state index contributed by atoms with van der Waals surface area (Å²) >= 11 is 0. The van der Waals surface area contributed by atoms with Crippen LogP contribution in [0.4, 0.5) is 5.69 Å². The first-order valence-corrected chi connectivity index (χ1v) is 10.2. The molecule has 1 amide bonds. The topological polar surface area (TPSA) is 90.2 Å². The standard InChI is InChI=1S/C22H27N5O3/c1-23-15-6-8-16(9-7-15)27-13-14-11-17(20(30-3)12-19(14)25-27)21(28)24-18-5-4-10-26(2)22(18)29/h4-5,10-13,15-16,23H,6-9H2,1-3H3,(H,24,28). The summed E-state index contributed by atoms with van der Waals surface area (Å²) in [6.07, 6.45) is 8.03. The Kier molecular flexibility index (Phi) is 5.59. The molecule has 1 aliphatic rings. The third kappa shape index (κ3) is 3.82. The maximum absolute atomic E-state index is 12.9. The second-order valence-electron chi connectivity index (χ2n) is 7.81. The van der Waals surface area contributed by atoms with Crippen LogP contribution in [0.25, 0.3) is 10.9 Å². The molecule has 2 N–H and O–H groups in total. The fourth-order valence-electron chi connectivity index (χ4n) is 4.12. The largest absolute Gasteiger partial charge is 0.496 e. The molecule has 0 aliphatic heterocycles. The van der Waals surface area contributed by atoms with Crippen LogP contribution in [-0.2, 0) is 7.05 Å². The number of hydrogen-bond donors (Lipinski definition) is 2. The molecular formula is C22H27N5O3. The van der Waals surface area contributed by atoms with Gasteiger partial charge in [0.2, 0.25) is 0 Å². The predicted octanol–water partition coefficient (Wildman–Crippen LogP) is 2.70. The van der Waals surface area contributed by atoms with Crippen molar-refractivity contribution in [3.05, 3.63) is 52.6 Å². The van der Waals surface area contributed by atoms with Crippen molar-refractivity contribution in [1.29, 1.82) is 0 Å². The zero-order valence-corrected chi connectivity index (χ0v) is 17.5. The maximum atomic E-state index is 12.9. The number of nitrogens with one attached hydrogen (secondary N) is 2. The summed E-state index contributed by atoms with van der Waals surface area (Å²) in [5.41, 5.74) is 1.11. The van der Waals surface area contributed by atoms with Crippen molar-refractivity contribution in [2.24, 2.45) is 7.05 Å². The summed E-state index contributed by atoms with van der Waals surface area (Å²) in [6.45, 7) is 0. The molecule has 158 valence electrons. The predicted molar refractivity (Wildman–Crippen MR) is 116 cm³/mol. The molecule has 0 spiro atoms. The molecule has 8 heteroatoms. The van der Waals surface area contributed by atoms with Gasteiger partial charge in [-0.2, -0.15) is 5.10 Å². The molecule has 0 unspecified atom stereocenters. The van der Waals surface area contributed by atoms with Gasteiger partial charge >= 0.3 is 0 Å². The molecule has 2 heterocycles. The van der Waals surface area contributed by atoms with Crippen molar-refractivity contribution in [3.8, 4) is 5.75 Å². The van der Waals surface area contributed by atoms with E-state index >= 15 is 0 Å². The van der Waals surface area contributed by atoms with Gasteiger partial charge in [-0.1, -0.05) is 0 Å². The summed E-state index contributed by atoms with van der Waals surface area (Å²) in [5, 5.41) is 11.7. The lowest BCUT2D eigenvalue weighted by Crippen LogP contribution is -2.31. The second kappa shape index (κ2) is 8.31. The van der Waals surface area contributed by atoms with Crippen molar-refractivity contribution >= 4 is 22.5 Å². The van der Waals surface area contributed by atoms with E-state index < -0.39 is 0 Å². The van der Waals surface area contributed by atoms with E-state index in [1.54, 1.807) is 37.5 Å². The highest BCUT2D eigenvalue weighted by Gasteiger charge is 2.23. The zero-order valence-electron chi connectivity index (χ0n) is 17.5. The highest BCUT2D eigenvalue weighted by Crippen LogP contribution is 2.31. The van der Waals surface area contributed by atoms with Gasteiger partial charge in [0.05, 0.1) is 24.2 Å². The molecule has 1 aromatic carbocycles. The number of anilines is 1. The number of methoxy groups -OCH3 is 1. The van der Waals surface area contributed by atoms with Crippen LogP contribution in [0.1, 0.15) is 42.1 Å². The molecule has 1 fully saturated rings. The molecular weight excluding hydrogens is 382 g/mol. The first-order chi connectivity index (χ1) is 14.5. The van der Waals surface area contributed by atoms with Gasteiger partial charge in [-0.3, -0.25) is 14.3 Å². The van der Waals surface area contributed by atoms with E-state index in [1.165, 1.54) is 11.7 Å². The number of benzene rings is 1. The van der Waals surface area contributed by atoms with Gasteiger partial charge in [0.1, 0.15) is 11.4 Å². The summed E-state index contributed by atoms with van der Waals surface area (Å²) in [5.74, 6) is 0.0382. The number of aryl methyl sites for hydroxylation is 1. The number of aromatic nitrogens is 3. The molecule has 1 saturated carbocycles. The Morgan fingerprint density at radius 2 is 2.00 bits per heavy atom. The number of rotatable bonds is 5. The van der Waals surface area contributed by atoms with Crippen molar-refractivity contribution in [2.45, 2.75) is 37.8 Å². The third-order valence-electron chi connectivity index (χ3n) is 5.94. The molecule has 3 aromatic rings. The summed E-state index contributed by atoms with van der Waals surface area (Å²) in [4.78, 5) is 25.1. The average molecular weight is 409 g/mol. The molecule has 0 radical (unpaired) electrons. The number of ether oxygens (including phenoxy) is 1. The van der Waals surface area contributed by atoms with Crippen LogP contribution in [0.5, 0.6) is 5.75 Å². The van der Waals surface area contributed by atoms with Gasteiger partial charge in [0.25, 0.3) is 11.5 Å². The molecule has 8 nitrogen and oxygen atoms in total. The van der Waals surface area contributed by atoms with Gasteiger partial charge in [0, 0.05) is 36.9 Å². The van der Waals surface area contributed by atoms with Gasteiger partial charge < -0.3 is 19.9 Å². The molecule has 0 atom stereocenters. The van der Waals surface area contributed by atoms with E-state index in [4.69, 9.17) is 9.84 Å². The van der Waals surface area contributed by atoms with E-state index in [-0.39, 0.29) is 17.2 Å². The van der Waals surface area contributed by atoms with Crippen LogP contribution >= 0.6 is 0 Å². The van der Waals surface area contributed by atoms with Gasteiger partial charge in [-0.15, -0.1) is 0 Å². The van der Waals surface area contributed by atoms with Crippen LogP contribution in [0, 0.1) is 0 Å². The maximum Gasteiger partial charge on any atom is 0.274 e. The molecule has 4 rings (SSSR count). The minimum absolute atomic E-state index is 0.226. The minimum atomic E-state index is -0.390. The van der Waals surface area contributed by atoms with Crippen molar-refractivity contribution in [2.75, 3.05) is 19.5 Å². The first kappa shape index (κ1) is 20.2. The van der Waals surface area contributed by atoms with Crippen LogP contribution in [0.3, 0.4) is 0 Å². The van der Waals surface area contributed by atoms with Gasteiger partial charge in [0.15, 0.2) is 0 Å². The lowest BCUT2D eigenvalue weighted by atomic mass is 9.91. The molecule has 1 aliphatic carbocycles. The number of fused-ring (bicyclic) bond motifs is 1. The Morgan fingerprint density at radius 1 is 1.23 bits per heavy atom. The highest BCUT2D eigenvalue weighted by atomic mass is 16.5. The van der Waals surface area contributed by atoms with Gasteiger partial charge in [-0.25, -0.2) is 0 Å². The van der Waals surface area contributed by atoms with Crippen LogP contribution in [-0.4, -0.2) is 40.5 Å². The summed E-state index contributed by atoms with van der Waals surface area (Å²) < 4.78 is 8.89. The Balaban J connectivity index is 1.62. The Bertz CT molecular complexity index is 1130. The number of carbonyl (C=O) groups is 1. The number of nitrogens with zero attached hydrogens (tertiary/aromatic N) is 3. The van der Waals surface area contributed by atoms with Crippen molar-refractivity contribution < 1.29 is 9.53 Å². The van der Waals surface area contributed by atoms with E-state index in [2.05, 4.69) is 10.6 Å². The lowest BCUT2D eigenvalue weighted by molar-refractivity contribution is 0.102. The van der Waals surface area contributed by atoms with Crippen LogP contribution in [0.2, 0.25) is 0 Å². The smallest absolute Gasteiger partial charge is 0.274 e. The molecule has 0 bridgehead atoms. The third-order valence-corrected chi connectivity index (χ3v) is 5.94. The van der Waals surface area contributed by atoms with E-state index in [1.807, 2.05) is 17.9 Å². The van der Waals surface area contributed by atoms with Crippen molar-refractivity contribution in [1.82, 2.24) is 19.7 Å².